The van der Waals surface area contributed by atoms with E-state index in [-0.39, 0.29) is 5.75 Å². The average Bonchev–Trinajstić information content (AvgIpc) is 3.04. The maximum absolute atomic E-state index is 9.91. The highest BCUT2D eigenvalue weighted by Gasteiger charge is 2.11. The fraction of sp³-hybridized carbons (Fsp3) is 0.111. The molecule has 0 amide bonds. The summed E-state index contributed by atoms with van der Waals surface area (Å²) in [4.78, 5) is 4.95. The monoisotopic (exact) mass is 407 g/mol. The number of hydrogen-bond donors (Lipinski definition) is 1. The first kappa shape index (κ1) is 18.5. The van der Waals surface area contributed by atoms with Crippen molar-refractivity contribution in [3.05, 3.63) is 62.2 Å². The lowest BCUT2D eigenvalue weighted by molar-refractivity contribution is 0.373. The van der Waals surface area contributed by atoms with E-state index < -0.39 is 0 Å². The molecule has 3 rings (SSSR count). The summed E-state index contributed by atoms with van der Waals surface area (Å²) in [5.74, 6) is 0.450. The summed E-state index contributed by atoms with van der Waals surface area (Å²) in [6.45, 7) is 0. The second kappa shape index (κ2) is 7.95. The molecule has 8 heteroatoms. The summed E-state index contributed by atoms with van der Waals surface area (Å²) in [6.07, 6.45) is 1.63. The van der Waals surface area contributed by atoms with Crippen LogP contribution >= 0.6 is 34.5 Å². The van der Waals surface area contributed by atoms with Crippen molar-refractivity contribution >= 4 is 40.8 Å². The second-order valence-electron chi connectivity index (χ2n) is 5.24. The molecule has 0 bridgehead atoms. The number of hydrogen-bond acceptors (Lipinski definition) is 5. The van der Waals surface area contributed by atoms with Crippen LogP contribution in [0.2, 0.25) is 10.0 Å². The van der Waals surface area contributed by atoms with E-state index in [1.165, 1.54) is 18.4 Å². The van der Waals surface area contributed by atoms with Crippen molar-refractivity contribution in [3.8, 4) is 22.8 Å². The standard InChI is InChI=1S/C18H15Cl2N3O2S/c1-21-18-23(22-9-11-3-6-17(25-2)16(24)7-11)15(10-26-18)13-8-12(19)4-5-14(13)20/h3-10,24H,1-2H3. The van der Waals surface area contributed by atoms with Crippen LogP contribution in [0, 0.1) is 0 Å². The summed E-state index contributed by atoms with van der Waals surface area (Å²) in [5, 5.41) is 17.5. The maximum Gasteiger partial charge on any atom is 0.205 e. The lowest BCUT2D eigenvalue weighted by Gasteiger charge is -2.07. The van der Waals surface area contributed by atoms with Gasteiger partial charge in [0.05, 0.1) is 24.0 Å². The van der Waals surface area contributed by atoms with E-state index in [0.717, 1.165) is 11.3 Å². The highest BCUT2D eigenvalue weighted by Crippen LogP contribution is 2.31. The average molecular weight is 408 g/mol. The van der Waals surface area contributed by atoms with Crippen molar-refractivity contribution < 1.29 is 9.84 Å². The Hall–Kier alpha value is -2.28. The number of halogens is 2. The summed E-state index contributed by atoms with van der Waals surface area (Å²) < 4.78 is 6.73. The Bertz CT molecular complexity index is 1040. The van der Waals surface area contributed by atoms with E-state index in [4.69, 9.17) is 27.9 Å². The van der Waals surface area contributed by atoms with Crippen LogP contribution in [0.3, 0.4) is 0 Å². The predicted octanol–water partition coefficient (Wildman–Crippen LogP) is 4.65. The van der Waals surface area contributed by atoms with Crippen LogP contribution in [0.4, 0.5) is 0 Å². The van der Waals surface area contributed by atoms with E-state index in [0.29, 0.717) is 26.2 Å². The van der Waals surface area contributed by atoms with Crippen molar-refractivity contribution in [2.45, 2.75) is 0 Å². The molecule has 0 unspecified atom stereocenters. The molecule has 5 nitrogen and oxygen atoms in total. The van der Waals surface area contributed by atoms with Gasteiger partial charge in [0.25, 0.3) is 0 Å². The van der Waals surface area contributed by atoms with Gasteiger partial charge < -0.3 is 9.84 Å². The van der Waals surface area contributed by atoms with E-state index >= 15 is 0 Å². The molecule has 0 saturated carbocycles. The molecule has 0 atom stereocenters. The summed E-state index contributed by atoms with van der Waals surface area (Å²) in [5.41, 5.74) is 2.25. The van der Waals surface area contributed by atoms with E-state index in [2.05, 4.69) is 10.1 Å². The van der Waals surface area contributed by atoms with Gasteiger partial charge in [-0.2, -0.15) is 5.10 Å². The Morgan fingerprint density at radius 1 is 1.19 bits per heavy atom. The van der Waals surface area contributed by atoms with Gasteiger partial charge in [-0.1, -0.05) is 23.2 Å². The molecule has 1 N–H and O–H groups in total. The SMILES string of the molecule is CN=c1scc(-c2cc(Cl)ccc2Cl)n1N=Cc1ccc(OC)c(O)c1. The van der Waals surface area contributed by atoms with Gasteiger partial charge in [0, 0.05) is 23.0 Å². The van der Waals surface area contributed by atoms with Crippen LogP contribution < -0.4 is 9.54 Å². The van der Waals surface area contributed by atoms with Crippen molar-refractivity contribution in [3.63, 3.8) is 0 Å². The van der Waals surface area contributed by atoms with Gasteiger partial charge in [-0.25, -0.2) is 4.68 Å². The first-order valence-electron chi connectivity index (χ1n) is 7.53. The lowest BCUT2D eigenvalue weighted by Crippen LogP contribution is -2.11. The number of phenolic OH excluding ortho intramolecular Hbond substituents is 1. The highest BCUT2D eigenvalue weighted by atomic mass is 35.5. The summed E-state index contributed by atoms with van der Waals surface area (Å²) >= 11 is 13.9. The predicted molar refractivity (Wildman–Crippen MR) is 107 cm³/mol. The number of ether oxygens (including phenoxy) is 1. The molecule has 0 aliphatic heterocycles. The Kier molecular flexibility index (Phi) is 5.66. The molecule has 3 aromatic rings. The van der Waals surface area contributed by atoms with Crippen LogP contribution in [0.5, 0.6) is 11.5 Å². The zero-order valence-electron chi connectivity index (χ0n) is 14.0. The first-order valence-corrected chi connectivity index (χ1v) is 9.17. The number of benzene rings is 2. The molecular weight excluding hydrogens is 393 g/mol. The minimum Gasteiger partial charge on any atom is -0.504 e. The Labute approximate surface area is 164 Å². The van der Waals surface area contributed by atoms with Crippen LogP contribution in [-0.2, 0) is 0 Å². The molecule has 0 saturated heterocycles. The zero-order valence-corrected chi connectivity index (χ0v) is 16.3. The maximum atomic E-state index is 9.91. The van der Waals surface area contributed by atoms with Crippen LogP contribution in [-0.4, -0.2) is 30.2 Å². The smallest absolute Gasteiger partial charge is 0.205 e. The number of phenols is 1. The number of aromatic hydroxyl groups is 1. The van der Waals surface area contributed by atoms with Gasteiger partial charge in [-0.15, -0.1) is 11.3 Å². The number of rotatable bonds is 4. The fourth-order valence-corrected chi connectivity index (χ4v) is 3.53. The van der Waals surface area contributed by atoms with E-state index in [9.17, 15) is 5.11 Å². The fourth-order valence-electron chi connectivity index (χ4n) is 2.35. The van der Waals surface area contributed by atoms with Crippen LogP contribution in [0.1, 0.15) is 5.56 Å². The van der Waals surface area contributed by atoms with Gasteiger partial charge >= 0.3 is 0 Å². The quantitative estimate of drug-likeness (QED) is 0.639. The molecule has 2 aromatic carbocycles. The number of thiazole rings is 1. The summed E-state index contributed by atoms with van der Waals surface area (Å²) in [7, 11) is 3.19. The van der Waals surface area contributed by atoms with Gasteiger partial charge in [0.2, 0.25) is 4.80 Å². The molecule has 0 radical (unpaired) electrons. The molecule has 1 aromatic heterocycles. The molecule has 0 aliphatic carbocycles. The molecule has 0 spiro atoms. The third-order valence-corrected chi connectivity index (χ3v) is 5.08. The second-order valence-corrected chi connectivity index (χ2v) is 6.92. The Morgan fingerprint density at radius 2 is 2.00 bits per heavy atom. The molecule has 0 aliphatic rings. The van der Waals surface area contributed by atoms with E-state index in [1.807, 2.05) is 5.38 Å². The number of aromatic nitrogens is 1. The van der Waals surface area contributed by atoms with Crippen LogP contribution in [0.25, 0.3) is 11.3 Å². The summed E-state index contributed by atoms with van der Waals surface area (Å²) in [6, 6.07) is 10.3. The zero-order chi connectivity index (χ0) is 18.7. The van der Waals surface area contributed by atoms with Gasteiger partial charge in [-0.3, -0.25) is 4.99 Å². The lowest BCUT2D eigenvalue weighted by atomic mass is 10.2. The molecular formula is C18H15Cl2N3O2S. The van der Waals surface area contributed by atoms with Gasteiger partial charge in [0.15, 0.2) is 11.5 Å². The normalized spacial score (nSPS) is 12.1. The first-order chi connectivity index (χ1) is 12.5. The highest BCUT2D eigenvalue weighted by molar-refractivity contribution is 7.07. The third-order valence-electron chi connectivity index (χ3n) is 3.61. The number of methoxy groups -OCH3 is 1. The molecule has 0 fully saturated rings. The van der Waals surface area contributed by atoms with Gasteiger partial charge in [0.1, 0.15) is 0 Å². The minimum absolute atomic E-state index is 0.0466. The number of nitrogens with zero attached hydrogens (tertiary/aromatic N) is 3. The molecule has 134 valence electrons. The minimum atomic E-state index is 0.0466. The van der Waals surface area contributed by atoms with Crippen molar-refractivity contribution in [1.29, 1.82) is 0 Å². The Morgan fingerprint density at radius 3 is 2.69 bits per heavy atom. The third kappa shape index (κ3) is 3.77. The largest absolute Gasteiger partial charge is 0.504 e. The van der Waals surface area contributed by atoms with Crippen molar-refractivity contribution in [2.24, 2.45) is 10.1 Å². The van der Waals surface area contributed by atoms with Crippen molar-refractivity contribution in [1.82, 2.24) is 4.68 Å². The molecule has 26 heavy (non-hydrogen) atoms. The Balaban J connectivity index is 2.06. The van der Waals surface area contributed by atoms with Gasteiger partial charge in [-0.05, 0) is 42.0 Å². The van der Waals surface area contributed by atoms with Crippen LogP contribution in [0.15, 0.2) is 51.9 Å². The van der Waals surface area contributed by atoms with Crippen molar-refractivity contribution in [2.75, 3.05) is 14.2 Å². The molecule has 1 heterocycles. The topological polar surface area (TPSA) is 59.1 Å². The van der Waals surface area contributed by atoms with E-state index in [1.54, 1.807) is 54.3 Å².